The first-order chi connectivity index (χ1) is 21.7. The van der Waals surface area contributed by atoms with Gasteiger partial charge in [0.2, 0.25) is 0 Å². The number of para-hydroxylation sites is 1. The van der Waals surface area contributed by atoms with Gasteiger partial charge in [0.05, 0.1) is 31.1 Å². The molecule has 0 spiro atoms. The second kappa shape index (κ2) is 11.8. The van der Waals surface area contributed by atoms with E-state index in [1.165, 1.54) is 42.7 Å². The first-order valence-corrected chi connectivity index (χ1v) is 15.6. The third kappa shape index (κ3) is 6.02. The van der Waals surface area contributed by atoms with Crippen molar-refractivity contribution in [1.29, 1.82) is 0 Å². The van der Waals surface area contributed by atoms with E-state index in [2.05, 4.69) is 19.5 Å². The number of hydrogen-bond acceptors (Lipinski definition) is 9. The van der Waals surface area contributed by atoms with Crippen LogP contribution in [0.25, 0.3) is 22.5 Å². The van der Waals surface area contributed by atoms with E-state index >= 15 is 0 Å². The number of hydrogen-bond donors (Lipinski definition) is 0. The number of alkyl halides is 3. The minimum absolute atomic E-state index is 0.0605. The van der Waals surface area contributed by atoms with E-state index in [0.717, 1.165) is 43.7 Å². The van der Waals surface area contributed by atoms with Crippen LogP contribution < -0.4 is 9.64 Å². The molecular weight excluding hydrogens is 614 g/mol. The zero-order chi connectivity index (χ0) is 31.3. The molecule has 4 aromatic rings. The average Bonchev–Trinajstić information content (AvgIpc) is 3.47. The number of nitrogens with zero attached hydrogens (tertiary/aromatic N) is 3. The Kier molecular flexibility index (Phi) is 7.76. The molecule has 2 aromatic carbocycles. The molecule has 3 aliphatic rings. The predicted molar refractivity (Wildman–Crippen MR) is 157 cm³/mol. The maximum absolute atomic E-state index is 14.6. The van der Waals surface area contributed by atoms with Gasteiger partial charge in [0, 0.05) is 40.1 Å². The number of methoxy groups -OCH3 is 1. The highest BCUT2D eigenvalue weighted by Crippen LogP contribution is 2.47. The molecule has 2 aliphatic heterocycles. The van der Waals surface area contributed by atoms with Gasteiger partial charge in [-0.3, -0.25) is 0 Å². The molecule has 0 unspecified atom stereocenters. The molecule has 4 heterocycles. The molecule has 3 fully saturated rings. The van der Waals surface area contributed by atoms with Gasteiger partial charge in [-0.2, -0.15) is 0 Å². The van der Waals surface area contributed by atoms with Crippen molar-refractivity contribution in [2.24, 2.45) is 0 Å². The van der Waals surface area contributed by atoms with Gasteiger partial charge in [-0.1, -0.05) is 23.4 Å². The van der Waals surface area contributed by atoms with Crippen molar-refractivity contribution in [2.75, 3.05) is 12.0 Å². The van der Waals surface area contributed by atoms with E-state index in [1.807, 2.05) is 5.38 Å². The fourth-order valence-corrected chi connectivity index (χ4v) is 7.43. The topological polar surface area (TPSA) is 86.9 Å². The summed E-state index contributed by atoms with van der Waals surface area (Å²) in [5, 5.41) is 6.92. The Hall–Kier alpha value is -3.97. The van der Waals surface area contributed by atoms with Gasteiger partial charge < -0.3 is 23.6 Å². The molecule has 1 aliphatic carbocycles. The Labute approximate surface area is 259 Å². The summed E-state index contributed by atoms with van der Waals surface area (Å²) in [6, 6.07) is 10.7. The molecule has 2 saturated heterocycles. The largest absolute Gasteiger partial charge is 0.573 e. The van der Waals surface area contributed by atoms with E-state index in [-0.39, 0.29) is 47.6 Å². The third-order valence-electron chi connectivity index (χ3n) is 8.67. The lowest BCUT2D eigenvalue weighted by Crippen LogP contribution is -2.45. The molecule has 0 radical (unpaired) electrons. The van der Waals surface area contributed by atoms with Gasteiger partial charge in [-0.15, -0.1) is 24.5 Å². The molecule has 0 amide bonds. The molecule has 0 N–H and O–H groups in total. The maximum Gasteiger partial charge on any atom is 0.573 e. The van der Waals surface area contributed by atoms with Crippen molar-refractivity contribution in [3.05, 3.63) is 70.5 Å². The molecule has 7 rings (SSSR count). The monoisotopic (exact) mass is 643 g/mol. The Morgan fingerprint density at radius 3 is 2.53 bits per heavy atom. The number of carbonyl (C=O) groups is 1. The van der Waals surface area contributed by atoms with Crippen LogP contribution in [0.3, 0.4) is 0 Å². The second-order valence-corrected chi connectivity index (χ2v) is 12.4. The highest BCUT2D eigenvalue weighted by Gasteiger charge is 2.43. The number of esters is 1. The van der Waals surface area contributed by atoms with E-state index in [4.69, 9.17) is 14.2 Å². The minimum Gasteiger partial charge on any atom is -0.465 e. The molecule has 1 saturated carbocycles. The average molecular weight is 644 g/mol. The van der Waals surface area contributed by atoms with Crippen molar-refractivity contribution in [3.63, 3.8) is 0 Å². The summed E-state index contributed by atoms with van der Waals surface area (Å²) in [6.07, 6.45) is 0.459. The van der Waals surface area contributed by atoms with Crippen LogP contribution in [0.4, 0.5) is 22.7 Å². The summed E-state index contributed by atoms with van der Waals surface area (Å²) < 4.78 is 75.0. The number of anilines is 1. The maximum atomic E-state index is 14.6. The SMILES string of the molecule is COC(=O)c1ccc(-c2csc(N3[C@@H]4CC[C@H]3C[C@H](OCc3c(-c5ccccc5OC(F)(F)F)noc3C3CC3)C4)n2)cc1F. The molecule has 2 aromatic heterocycles. The lowest BCUT2D eigenvalue weighted by molar-refractivity contribution is -0.274. The summed E-state index contributed by atoms with van der Waals surface area (Å²) in [5.74, 6) is -0.882. The van der Waals surface area contributed by atoms with E-state index in [0.29, 0.717) is 28.3 Å². The van der Waals surface area contributed by atoms with Crippen molar-refractivity contribution in [3.8, 4) is 28.3 Å². The zero-order valence-corrected chi connectivity index (χ0v) is 25.0. The fraction of sp³-hybridized carbons (Fsp3) is 0.406. The standard InChI is InChI=1S/C32H29F4N3O5S/c1-41-30(40)22-11-8-18(12-25(22)33)26-16-45-31(37-26)39-19-9-10-20(39)14-21(13-19)42-15-24-28(38-44-29(24)17-6-7-17)23-4-2-3-5-27(23)43-32(34,35)36/h2-5,8,11-12,16-17,19-21H,6-7,9-10,13-15H2,1H3/t19-,20+,21-. The van der Waals surface area contributed by atoms with E-state index < -0.39 is 18.1 Å². The number of thiazole rings is 1. The highest BCUT2D eigenvalue weighted by atomic mass is 32.1. The number of ether oxygens (including phenoxy) is 3. The third-order valence-corrected chi connectivity index (χ3v) is 9.52. The van der Waals surface area contributed by atoms with E-state index in [1.54, 1.807) is 18.2 Å². The van der Waals surface area contributed by atoms with Crippen LogP contribution in [0, 0.1) is 5.82 Å². The number of benzene rings is 2. The number of piperidine rings is 1. The highest BCUT2D eigenvalue weighted by molar-refractivity contribution is 7.14. The van der Waals surface area contributed by atoms with Crippen molar-refractivity contribution in [1.82, 2.24) is 10.1 Å². The first kappa shape index (κ1) is 29.7. The Balaban J connectivity index is 1.06. The van der Waals surface area contributed by atoms with Crippen LogP contribution in [0.15, 0.2) is 52.4 Å². The molecular formula is C32H29F4N3O5S. The minimum atomic E-state index is -4.84. The summed E-state index contributed by atoms with van der Waals surface area (Å²) in [4.78, 5) is 18.9. The Bertz CT molecular complexity index is 1700. The van der Waals surface area contributed by atoms with Gasteiger partial charge in [-0.25, -0.2) is 14.2 Å². The Morgan fingerprint density at radius 2 is 1.84 bits per heavy atom. The smallest absolute Gasteiger partial charge is 0.465 e. The molecule has 45 heavy (non-hydrogen) atoms. The lowest BCUT2D eigenvalue weighted by atomic mass is 10.00. The van der Waals surface area contributed by atoms with E-state index in [9.17, 15) is 22.4 Å². The summed E-state index contributed by atoms with van der Waals surface area (Å²) in [7, 11) is 1.21. The van der Waals surface area contributed by atoms with Crippen molar-refractivity contribution in [2.45, 2.75) is 75.6 Å². The number of fused-ring (bicyclic) bond motifs is 2. The number of carbonyl (C=O) groups excluding carboxylic acids is 1. The number of aromatic nitrogens is 2. The van der Waals surface area contributed by atoms with Crippen LogP contribution in [0.5, 0.6) is 5.75 Å². The van der Waals surface area contributed by atoms with Crippen molar-refractivity contribution >= 4 is 22.4 Å². The van der Waals surface area contributed by atoms with Crippen LogP contribution in [-0.4, -0.2) is 47.8 Å². The van der Waals surface area contributed by atoms with Gasteiger partial charge >= 0.3 is 12.3 Å². The van der Waals surface area contributed by atoms with Crippen LogP contribution >= 0.6 is 11.3 Å². The van der Waals surface area contributed by atoms with Gasteiger partial charge in [0.25, 0.3) is 0 Å². The summed E-state index contributed by atoms with van der Waals surface area (Å²) in [5.41, 5.74) is 2.26. The number of halogens is 4. The molecule has 2 bridgehead atoms. The summed E-state index contributed by atoms with van der Waals surface area (Å²) >= 11 is 1.50. The van der Waals surface area contributed by atoms with Crippen molar-refractivity contribution < 1.29 is 41.1 Å². The Morgan fingerprint density at radius 1 is 1.09 bits per heavy atom. The number of rotatable bonds is 9. The summed E-state index contributed by atoms with van der Waals surface area (Å²) in [6.45, 7) is 0.170. The quantitative estimate of drug-likeness (QED) is 0.135. The second-order valence-electron chi connectivity index (χ2n) is 11.6. The van der Waals surface area contributed by atoms with Crippen LogP contribution in [0.2, 0.25) is 0 Å². The van der Waals surface area contributed by atoms with Crippen LogP contribution in [-0.2, 0) is 16.1 Å². The zero-order valence-electron chi connectivity index (χ0n) is 24.2. The van der Waals surface area contributed by atoms with Crippen LogP contribution in [0.1, 0.15) is 66.1 Å². The normalized spacial score (nSPS) is 21.3. The fourth-order valence-electron chi connectivity index (χ4n) is 6.46. The first-order valence-electron chi connectivity index (χ1n) is 14.8. The molecule has 236 valence electrons. The van der Waals surface area contributed by atoms with Gasteiger partial charge in [0.15, 0.2) is 5.13 Å². The predicted octanol–water partition coefficient (Wildman–Crippen LogP) is 7.88. The van der Waals surface area contributed by atoms with Gasteiger partial charge in [0.1, 0.15) is 23.0 Å². The molecule has 13 heteroatoms. The van der Waals surface area contributed by atoms with Gasteiger partial charge in [-0.05, 0) is 62.8 Å². The lowest BCUT2D eigenvalue weighted by Gasteiger charge is -2.38. The molecule has 8 nitrogen and oxygen atoms in total. The molecule has 3 atom stereocenters.